The number of anilines is 1. The van der Waals surface area contributed by atoms with E-state index in [-0.39, 0.29) is 11.4 Å². The maximum Gasteiger partial charge on any atom is 0.240 e. The molecular formula is C14H15BrN2O3S. The molecule has 2 aromatic carbocycles. The second-order valence-corrected chi connectivity index (χ2v) is 7.17. The van der Waals surface area contributed by atoms with E-state index in [2.05, 4.69) is 20.7 Å². The SMILES string of the molecule is Nc1ccc(C(O)CNS(=O)(=O)c2ccc(Br)cc2)cc1. The largest absolute Gasteiger partial charge is 0.399 e. The number of benzene rings is 2. The Morgan fingerprint density at radius 2 is 1.67 bits per heavy atom. The number of hydrogen-bond donors (Lipinski definition) is 3. The Kier molecular flexibility index (Phi) is 5.00. The van der Waals surface area contributed by atoms with E-state index >= 15 is 0 Å². The summed E-state index contributed by atoms with van der Waals surface area (Å²) in [6.45, 7) is -0.109. The van der Waals surface area contributed by atoms with Gasteiger partial charge in [-0.3, -0.25) is 0 Å². The molecule has 5 nitrogen and oxygen atoms in total. The number of nitrogens with two attached hydrogens (primary N) is 1. The van der Waals surface area contributed by atoms with Crippen LogP contribution in [0.4, 0.5) is 5.69 Å². The summed E-state index contributed by atoms with van der Waals surface area (Å²) < 4.78 is 27.3. The Morgan fingerprint density at radius 3 is 2.24 bits per heavy atom. The molecule has 7 heteroatoms. The van der Waals surface area contributed by atoms with Crippen molar-refractivity contribution >= 4 is 31.6 Å². The molecule has 1 unspecified atom stereocenters. The summed E-state index contributed by atoms with van der Waals surface area (Å²) in [5.74, 6) is 0. The first-order valence-electron chi connectivity index (χ1n) is 6.17. The van der Waals surface area contributed by atoms with Gasteiger partial charge in [-0.2, -0.15) is 0 Å². The number of nitrogens with one attached hydrogen (secondary N) is 1. The molecule has 112 valence electrons. The van der Waals surface area contributed by atoms with Gasteiger partial charge in [0.2, 0.25) is 10.0 Å². The molecule has 0 aliphatic rings. The molecule has 0 saturated heterocycles. The normalized spacial score (nSPS) is 13.0. The molecule has 0 fully saturated rings. The molecule has 1 atom stereocenters. The minimum atomic E-state index is -3.64. The van der Waals surface area contributed by atoms with Gasteiger partial charge in [-0.15, -0.1) is 0 Å². The van der Waals surface area contributed by atoms with Crippen LogP contribution in [0.25, 0.3) is 0 Å². The van der Waals surface area contributed by atoms with Crippen molar-refractivity contribution in [1.29, 1.82) is 0 Å². The van der Waals surface area contributed by atoms with Crippen LogP contribution in [0.2, 0.25) is 0 Å². The van der Waals surface area contributed by atoms with Gasteiger partial charge < -0.3 is 10.8 Å². The van der Waals surface area contributed by atoms with Crippen LogP contribution in [0, 0.1) is 0 Å². The van der Waals surface area contributed by atoms with Gasteiger partial charge >= 0.3 is 0 Å². The fourth-order valence-electron chi connectivity index (χ4n) is 1.72. The molecule has 0 aliphatic carbocycles. The summed E-state index contributed by atoms with van der Waals surface area (Å²) in [5.41, 5.74) is 6.75. The highest BCUT2D eigenvalue weighted by molar-refractivity contribution is 9.10. The van der Waals surface area contributed by atoms with Crippen LogP contribution < -0.4 is 10.5 Å². The number of rotatable bonds is 5. The van der Waals surface area contributed by atoms with Crippen LogP contribution in [0.15, 0.2) is 57.9 Å². The van der Waals surface area contributed by atoms with Crippen LogP contribution in [-0.4, -0.2) is 20.1 Å². The predicted octanol–water partition coefficient (Wildman–Crippen LogP) is 2.04. The van der Waals surface area contributed by atoms with Gasteiger partial charge in [0, 0.05) is 16.7 Å². The summed E-state index contributed by atoms with van der Waals surface area (Å²) in [7, 11) is -3.64. The molecule has 0 aliphatic heterocycles. The summed E-state index contributed by atoms with van der Waals surface area (Å²) >= 11 is 3.25. The van der Waals surface area contributed by atoms with Crippen molar-refractivity contribution in [2.24, 2.45) is 0 Å². The molecule has 0 aromatic heterocycles. The van der Waals surface area contributed by atoms with Crippen molar-refractivity contribution in [3.63, 3.8) is 0 Å². The quantitative estimate of drug-likeness (QED) is 0.702. The molecule has 2 aromatic rings. The fourth-order valence-corrected chi connectivity index (χ4v) is 3.02. The van der Waals surface area contributed by atoms with E-state index in [9.17, 15) is 13.5 Å². The standard InChI is InChI=1S/C14H15BrN2O3S/c15-11-3-7-13(8-4-11)21(19,20)17-9-14(18)10-1-5-12(16)6-2-10/h1-8,14,17-18H,9,16H2. The van der Waals surface area contributed by atoms with E-state index in [0.717, 1.165) is 4.47 Å². The van der Waals surface area contributed by atoms with E-state index < -0.39 is 16.1 Å². The highest BCUT2D eigenvalue weighted by Crippen LogP contribution is 2.17. The maximum atomic E-state index is 12.1. The second-order valence-electron chi connectivity index (χ2n) is 4.49. The van der Waals surface area contributed by atoms with Crippen LogP contribution in [0.1, 0.15) is 11.7 Å². The Bertz CT molecular complexity index is 700. The fraction of sp³-hybridized carbons (Fsp3) is 0.143. The number of nitrogen functional groups attached to an aromatic ring is 1. The number of halogens is 1. The van der Waals surface area contributed by atoms with Gasteiger partial charge in [-0.1, -0.05) is 28.1 Å². The van der Waals surface area contributed by atoms with Crippen molar-refractivity contribution in [1.82, 2.24) is 4.72 Å². The van der Waals surface area contributed by atoms with E-state index in [1.807, 2.05) is 0 Å². The van der Waals surface area contributed by atoms with Crippen molar-refractivity contribution in [3.05, 3.63) is 58.6 Å². The third-order valence-corrected chi connectivity index (χ3v) is 4.88. The van der Waals surface area contributed by atoms with Crippen molar-refractivity contribution in [3.8, 4) is 0 Å². The molecule has 2 rings (SSSR count). The predicted molar refractivity (Wildman–Crippen MR) is 85.1 cm³/mol. The lowest BCUT2D eigenvalue weighted by Crippen LogP contribution is -2.28. The van der Waals surface area contributed by atoms with Gasteiger partial charge in [0.25, 0.3) is 0 Å². The van der Waals surface area contributed by atoms with Gasteiger partial charge in [0.05, 0.1) is 11.0 Å². The number of sulfonamides is 1. The Hall–Kier alpha value is -1.41. The third kappa shape index (κ3) is 4.28. The Balaban J connectivity index is 2.04. The lowest BCUT2D eigenvalue weighted by atomic mass is 10.1. The summed E-state index contributed by atoms with van der Waals surface area (Å²) in [5, 5.41) is 9.99. The van der Waals surface area contributed by atoms with E-state index in [1.165, 1.54) is 12.1 Å². The van der Waals surface area contributed by atoms with E-state index in [0.29, 0.717) is 11.3 Å². The Morgan fingerprint density at radius 1 is 1.10 bits per heavy atom. The van der Waals surface area contributed by atoms with E-state index in [4.69, 9.17) is 5.73 Å². The van der Waals surface area contributed by atoms with Gasteiger partial charge in [-0.25, -0.2) is 13.1 Å². The molecule has 0 radical (unpaired) electrons. The zero-order valence-corrected chi connectivity index (χ0v) is 13.4. The van der Waals surface area contributed by atoms with Crippen LogP contribution >= 0.6 is 15.9 Å². The third-order valence-electron chi connectivity index (χ3n) is 2.91. The summed E-state index contributed by atoms with van der Waals surface area (Å²) in [4.78, 5) is 0.148. The molecule has 21 heavy (non-hydrogen) atoms. The van der Waals surface area contributed by atoms with Gasteiger partial charge in [-0.05, 0) is 42.0 Å². The highest BCUT2D eigenvalue weighted by Gasteiger charge is 2.16. The molecule has 0 saturated carbocycles. The van der Waals surface area contributed by atoms with Crippen LogP contribution in [0.3, 0.4) is 0 Å². The van der Waals surface area contributed by atoms with Gasteiger partial charge in [0.1, 0.15) is 0 Å². The monoisotopic (exact) mass is 370 g/mol. The highest BCUT2D eigenvalue weighted by atomic mass is 79.9. The first-order chi connectivity index (χ1) is 9.88. The summed E-state index contributed by atoms with van der Waals surface area (Å²) in [6, 6.07) is 12.9. The first kappa shape index (κ1) is 16.0. The molecule has 0 heterocycles. The van der Waals surface area contributed by atoms with Crippen LogP contribution in [-0.2, 0) is 10.0 Å². The first-order valence-corrected chi connectivity index (χ1v) is 8.45. The van der Waals surface area contributed by atoms with Crippen molar-refractivity contribution in [2.75, 3.05) is 12.3 Å². The minimum Gasteiger partial charge on any atom is -0.399 e. The molecular weight excluding hydrogens is 356 g/mol. The average molecular weight is 371 g/mol. The zero-order valence-electron chi connectivity index (χ0n) is 11.0. The lowest BCUT2D eigenvalue weighted by molar-refractivity contribution is 0.182. The molecule has 0 bridgehead atoms. The Labute approximate surface area is 132 Å². The topological polar surface area (TPSA) is 92.4 Å². The smallest absolute Gasteiger partial charge is 0.240 e. The number of hydrogen-bond acceptors (Lipinski definition) is 4. The summed E-state index contributed by atoms with van der Waals surface area (Å²) in [6.07, 6.45) is -0.934. The maximum absolute atomic E-state index is 12.1. The average Bonchev–Trinajstić information content (AvgIpc) is 2.46. The number of aliphatic hydroxyl groups excluding tert-OH is 1. The second kappa shape index (κ2) is 6.57. The number of aliphatic hydroxyl groups is 1. The molecule has 0 spiro atoms. The molecule has 0 amide bonds. The lowest BCUT2D eigenvalue weighted by Gasteiger charge is -2.13. The van der Waals surface area contributed by atoms with Crippen LogP contribution in [0.5, 0.6) is 0 Å². The minimum absolute atomic E-state index is 0.109. The zero-order chi connectivity index (χ0) is 15.5. The molecule has 4 N–H and O–H groups in total. The van der Waals surface area contributed by atoms with Gasteiger partial charge in [0.15, 0.2) is 0 Å². The van der Waals surface area contributed by atoms with Crippen molar-refractivity contribution in [2.45, 2.75) is 11.0 Å². The van der Waals surface area contributed by atoms with E-state index in [1.54, 1.807) is 36.4 Å². The van der Waals surface area contributed by atoms with Crippen molar-refractivity contribution < 1.29 is 13.5 Å².